The molecule has 8 nitrogen and oxygen atoms in total. The Morgan fingerprint density at radius 3 is 2.88 bits per heavy atom. The largest absolute Gasteiger partial charge is 0.467 e. The van der Waals surface area contributed by atoms with Gasteiger partial charge in [0.05, 0.1) is 24.7 Å². The molecule has 0 aliphatic heterocycles. The number of rotatable bonds is 6. The highest BCUT2D eigenvalue weighted by atomic mass is 16.5. The summed E-state index contributed by atoms with van der Waals surface area (Å²) in [6, 6.07) is 8.85. The Kier molecular flexibility index (Phi) is 4.89. The molecule has 128 valence electrons. The second kappa shape index (κ2) is 7.43. The van der Waals surface area contributed by atoms with E-state index in [1.807, 2.05) is 6.07 Å². The number of ether oxygens (including phenoxy) is 1. The highest BCUT2D eigenvalue weighted by Gasteiger charge is 2.18. The van der Waals surface area contributed by atoms with Gasteiger partial charge in [-0.3, -0.25) is 4.79 Å². The lowest BCUT2D eigenvalue weighted by molar-refractivity contribution is -0.124. The maximum Gasteiger partial charge on any atom is 0.342 e. The van der Waals surface area contributed by atoms with Crippen molar-refractivity contribution in [3.8, 4) is 5.82 Å². The van der Waals surface area contributed by atoms with Gasteiger partial charge in [-0.15, -0.1) is 0 Å². The predicted molar refractivity (Wildman–Crippen MR) is 86.9 cm³/mol. The molecular weight excluding hydrogens is 324 g/mol. The zero-order valence-corrected chi connectivity index (χ0v) is 13.5. The van der Waals surface area contributed by atoms with E-state index in [1.54, 1.807) is 37.4 Å². The number of esters is 1. The monoisotopic (exact) mass is 340 g/mol. The molecule has 0 spiro atoms. The first kappa shape index (κ1) is 16.4. The topological polar surface area (TPSA) is 99.3 Å². The van der Waals surface area contributed by atoms with Gasteiger partial charge in [-0.1, -0.05) is 6.07 Å². The zero-order chi connectivity index (χ0) is 17.6. The fraction of sp³-hybridized carbons (Fsp3) is 0.176. The van der Waals surface area contributed by atoms with Crippen molar-refractivity contribution in [3.63, 3.8) is 0 Å². The third-order valence-corrected chi connectivity index (χ3v) is 3.47. The van der Waals surface area contributed by atoms with Crippen molar-refractivity contribution >= 4 is 11.9 Å². The number of hydrogen-bond acceptors (Lipinski definition) is 6. The maximum atomic E-state index is 12.2. The van der Waals surface area contributed by atoms with Crippen LogP contribution in [-0.4, -0.2) is 33.2 Å². The van der Waals surface area contributed by atoms with Gasteiger partial charge >= 0.3 is 5.97 Å². The Bertz CT molecular complexity index is 856. The number of furan rings is 1. The van der Waals surface area contributed by atoms with Gasteiger partial charge in [0.25, 0.3) is 5.91 Å². The normalized spacial score (nSPS) is 10.4. The summed E-state index contributed by atoms with van der Waals surface area (Å²) in [5, 5.41) is 6.74. The molecule has 0 aromatic carbocycles. The number of pyridine rings is 1. The van der Waals surface area contributed by atoms with Crippen LogP contribution in [0.4, 0.5) is 0 Å². The number of hydrogen-bond donors (Lipinski definition) is 1. The molecule has 0 saturated carbocycles. The van der Waals surface area contributed by atoms with Crippen molar-refractivity contribution in [2.45, 2.75) is 13.5 Å². The van der Waals surface area contributed by atoms with E-state index >= 15 is 0 Å². The lowest BCUT2D eigenvalue weighted by atomic mass is 10.2. The number of aromatic nitrogens is 3. The Morgan fingerprint density at radius 2 is 2.16 bits per heavy atom. The van der Waals surface area contributed by atoms with Crippen molar-refractivity contribution in [3.05, 3.63) is 66.0 Å². The minimum Gasteiger partial charge on any atom is -0.467 e. The van der Waals surface area contributed by atoms with Gasteiger partial charge in [-0.05, 0) is 31.2 Å². The molecule has 3 heterocycles. The van der Waals surface area contributed by atoms with Crippen LogP contribution in [0.5, 0.6) is 0 Å². The van der Waals surface area contributed by atoms with E-state index in [1.165, 1.54) is 17.1 Å². The van der Waals surface area contributed by atoms with E-state index in [2.05, 4.69) is 15.4 Å². The molecule has 0 saturated heterocycles. The first-order valence-electron chi connectivity index (χ1n) is 7.57. The fourth-order valence-electron chi connectivity index (χ4n) is 2.18. The molecule has 0 bridgehead atoms. The first-order valence-corrected chi connectivity index (χ1v) is 7.57. The quantitative estimate of drug-likeness (QED) is 0.685. The van der Waals surface area contributed by atoms with Gasteiger partial charge in [0, 0.05) is 6.20 Å². The van der Waals surface area contributed by atoms with Crippen LogP contribution in [0.25, 0.3) is 5.82 Å². The number of carbonyl (C=O) groups is 2. The molecule has 1 N–H and O–H groups in total. The van der Waals surface area contributed by atoms with Crippen LogP contribution < -0.4 is 5.32 Å². The average Bonchev–Trinajstić information content (AvgIpc) is 3.28. The molecule has 0 atom stereocenters. The number of amides is 1. The van der Waals surface area contributed by atoms with Crippen molar-refractivity contribution in [2.24, 2.45) is 0 Å². The van der Waals surface area contributed by atoms with Gasteiger partial charge < -0.3 is 14.5 Å². The smallest absolute Gasteiger partial charge is 0.342 e. The van der Waals surface area contributed by atoms with Crippen LogP contribution in [0.2, 0.25) is 0 Å². The molecule has 0 aliphatic rings. The van der Waals surface area contributed by atoms with E-state index in [-0.39, 0.29) is 18.7 Å². The Hall–Kier alpha value is -3.42. The van der Waals surface area contributed by atoms with Crippen LogP contribution in [0.1, 0.15) is 21.8 Å². The lowest BCUT2D eigenvalue weighted by Crippen LogP contribution is -2.28. The molecule has 3 aromatic rings. The molecule has 0 aliphatic carbocycles. The summed E-state index contributed by atoms with van der Waals surface area (Å²) in [4.78, 5) is 28.1. The van der Waals surface area contributed by atoms with Gasteiger partial charge in [-0.25, -0.2) is 14.5 Å². The second-order valence-corrected chi connectivity index (χ2v) is 5.18. The summed E-state index contributed by atoms with van der Waals surface area (Å²) in [5.41, 5.74) is 0.865. The Balaban J connectivity index is 1.56. The molecule has 3 aromatic heterocycles. The Labute approximate surface area is 143 Å². The van der Waals surface area contributed by atoms with Crippen molar-refractivity contribution in [1.29, 1.82) is 0 Å². The molecule has 1 amide bonds. The van der Waals surface area contributed by atoms with Crippen LogP contribution in [-0.2, 0) is 16.1 Å². The summed E-state index contributed by atoms with van der Waals surface area (Å²) < 4.78 is 11.7. The van der Waals surface area contributed by atoms with Crippen molar-refractivity contribution in [2.75, 3.05) is 6.61 Å². The fourth-order valence-corrected chi connectivity index (χ4v) is 2.18. The minimum atomic E-state index is -0.618. The van der Waals surface area contributed by atoms with E-state index < -0.39 is 11.9 Å². The highest BCUT2D eigenvalue weighted by Crippen LogP contribution is 2.13. The predicted octanol–water partition coefficient (Wildman–Crippen LogP) is 1.64. The Morgan fingerprint density at radius 1 is 1.28 bits per heavy atom. The lowest BCUT2D eigenvalue weighted by Gasteiger charge is -2.06. The third-order valence-electron chi connectivity index (χ3n) is 3.47. The van der Waals surface area contributed by atoms with Crippen LogP contribution in [0.15, 0.2) is 53.4 Å². The molecule has 3 rings (SSSR count). The van der Waals surface area contributed by atoms with E-state index in [0.29, 0.717) is 17.3 Å². The molecule has 0 radical (unpaired) electrons. The van der Waals surface area contributed by atoms with E-state index in [9.17, 15) is 9.59 Å². The van der Waals surface area contributed by atoms with Crippen LogP contribution >= 0.6 is 0 Å². The van der Waals surface area contributed by atoms with Gasteiger partial charge in [0.2, 0.25) is 0 Å². The van der Waals surface area contributed by atoms with Gasteiger partial charge in [0.15, 0.2) is 12.4 Å². The molecular formula is C17H16N4O4. The standard InChI is InChI=1S/C17H16N4O4/c1-12-14(10-20-21(12)15-6-2-3-7-18-15)17(23)25-11-16(22)19-9-13-5-4-8-24-13/h2-8,10H,9,11H2,1H3,(H,19,22). The van der Waals surface area contributed by atoms with Crippen molar-refractivity contribution in [1.82, 2.24) is 20.1 Å². The van der Waals surface area contributed by atoms with Crippen LogP contribution in [0.3, 0.4) is 0 Å². The second-order valence-electron chi connectivity index (χ2n) is 5.18. The number of nitrogens with zero attached hydrogens (tertiary/aromatic N) is 3. The average molecular weight is 340 g/mol. The third kappa shape index (κ3) is 3.92. The number of carbonyl (C=O) groups excluding carboxylic acids is 2. The summed E-state index contributed by atoms with van der Waals surface area (Å²) in [7, 11) is 0. The van der Waals surface area contributed by atoms with E-state index in [4.69, 9.17) is 9.15 Å². The van der Waals surface area contributed by atoms with Gasteiger partial charge in [0.1, 0.15) is 11.3 Å². The van der Waals surface area contributed by atoms with Crippen LogP contribution in [0, 0.1) is 6.92 Å². The molecule has 0 fully saturated rings. The maximum absolute atomic E-state index is 12.2. The molecule has 8 heteroatoms. The van der Waals surface area contributed by atoms with E-state index in [0.717, 1.165) is 0 Å². The van der Waals surface area contributed by atoms with Gasteiger partial charge in [-0.2, -0.15) is 5.10 Å². The van der Waals surface area contributed by atoms with Crippen molar-refractivity contribution < 1.29 is 18.7 Å². The molecule has 0 unspecified atom stereocenters. The summed E-state index contributed by atoms with van der Waals surface area (Å²) in [6.45, 7) is 1.59. The molecule has 25 heavy (non-hydrogen) atoms. The number of nitrogens with one attached hydrogen (secondary N) is 1. The summed E-state index contributed by atoms with van der Waals surface area (Å²) >= 11 is 0. The minimum absolute atomic E-state index is 0.236. The first-order chi connectivity index (χ1) is 12.1. The SMILES string of the molecule is Cc1c(C(=O)OCC(=O)NCc2ccco2)cnn1-c1ccccn1. The summed E-state index contributed by atoms with van der Waals surface area (Å²) in [6.07, 6.45) is 4.55. The highest BCUT2D eigenvalue weighted by molar-refractivity contribution is 5.92. The summed E-state index contributed by atoms with van der Waals surface area (Å²) in [5.74, 6) is 0.176. The zero-order valence-electron chi connectivity index (χ0n) is 13.5.